The minimum Gasteiger partial charge on any atom is -0.294 e. The molecule has 1 aromatic carbocycles. The SMILES string of the molecule is O=C(Cc1cc(F)ccc1Br)c1cnn2ccncc12. The van der Waals surface area contributed by atoms with Gasteiger partial charge in [-0.15, -0.1) is 0 Å². The number of Topliss-reactive ketones (excluding diaryl/α,β-unsaturated/α-hetero) is 1. The molecule has 2 heterocycles. The molecule has 0 saturated heterocycles. The summed E-state index contributed by atoms with van der Waals surface area (Å²) in [6, 6.07) is 4.29. The van der Waals surface area contributed by atoms with Crippen molar-refractivity contribution in [1.82, 2.24) is 14.6 Å². The van der Waals surface area contributed by atoms with Gasteiger partial charge in [-0.05, 0) is 23.8 Å². The van der Waals surface area contributed by atoms with Gasteiger partial charge in [-0.2, -0.15) is 5.10 Å². The number of nitrogens with zero attached hydrogens (tertiary/aromatic N) is 3. The van der Waals surface area contributed by atoms with Gasteiger partial charge in [0.15, 0.2) is 5.78 Å². The number of aromatic nitrogens is 3. The van der Waals surface area contributed by atoms with Crippen LogP contribution in [-0.4, -0.2) is 20.4 Å². The summed E-state index contributed by atoms with van der Waals surface area (Å²) < 4.78 is 15.5. The van der Waals surface area contributed by atoms with E-state index in [1.165, 1.54) is 18.3 Å². The largest absolute Gasteiger partial charge is 0.294 e. The molecule has 0 spiro atoms. The first-order valence-corrected chi connectivity index (χ1v) is 6.69. The Labute approximate surface area is 122 Å². The fraction of sp³-hybridized carbons (Fsp3) is 0.0714. The zero-order valence-corrected chi connectivity index (χ0v) is 11.8. The molecule has 0 unspecified atom stereocenters. The Kier molecular flexibility index (Phi) is 3.31. The number of fused-ring (bicyclic) bond motifs is 1. The van der Waals surface area contributed by atoms with Crippen LogP contribution in [0.2, 0.25) is 0 Å². The lowest BCUT2D eigenvalue weighted by Gasteiger charge is -2.03. The van der Waals surface area contributed by atoms with E-state index in [9.17, 15) is 9.18 Å². The van der Waals surface area contributed by atoms with E-state index in [4.69, 9.17) is 0 Å². The molecule has 0 aliphatic rings. The minimum atomic E-state index is -0.363. The normalized spacial score (nSPS) is 10.9. The van der Waals surface area contributed by atoms with Gasteiger partial charge in [0.05, 0.1) is 23.5 Å². The highest BCUT2D eigenvalue weighted by molar-refractivity contribution is 9.10. The van der Waals surface area contributed by atoms with Crippen molar-refractivity contribution in [3.8, 4) is 0 Å². The first-order chi connectivity index (χ1) is 9.65. The molecule has 3 rings (SSSR count). The molecule has 0 saturated carbocycles. The van der Waals surface area contributed by atoms with E-state index in [1.807, 2.05) is 0 Å². The van der Waals surface area contributed by atoms with Gasteiger partial charge in [0, 0.05) is 23.3 Å². The monoisotopic (exact) mass is 333 g/mol. The van der Waals surface area contributed by atoms with Crippen molar-refractivity contribution in [2.75, 3.05) is 0 Å². The molecular formula is C14H9BrFN3O. The molecule has 0 aliphatic carbocycles. The number of rotatable bonds is 3. The minimum absolute atomic E-state index is 0.106. The fourth-order valence-corrected chi connectivity index (χ4v) is 2.38. The summed E-state index contributed by atoms with van der Waals surface area (Å²) in [5, 5.41) is 4.09. The second-order valence-corrected chi connectivity index (χ2v) is 5.15. The van der Waals surface area contributed by atoms with Gasteiger partial charge in [-0.3, -0.25) is 9.78 Å². The summed E-state index contributed by atoms with van der Waals surface area (Å²) in [6.07, 6.45) is 6.46. The van der Waals surface area contributed by atoms with Crippen LogP contribution in [0, 0.1) is 5.82 Å². The number of benzene rings is 1. The Morgan fingerprint density at radius 1 is 1.35 bits per heavy atom. The van der Waals surface area contributed by atoms with E-state index in [2.05, 4.69) is 26.0 Å². The number of ketones is 1. The van der Waals surface area contributed by atoms with Crippen LogP contribution in [0.5, 0.6) is 0 Å². The molecule has 0 bridgehead atoms. The highest BCUT2D eigenvalue weighted by Crippen LogP contribution is 2.21. The van der Waals surface area contributed by atoms with E-state index < -0.39 is 0 Å². The van der Waals surface area contributed by atoms with E-state index in [0.29, 0.717) is 21.1 Å². The molecule has 0 fully saturated rings. The number of carbonyl (C=O) groups excluding carboxylic acids is 1. The van der Waals surface area contributed by atoms with Crippen LogP contribution in [0.15, 0.2) is 47.5 Å². The third-order valence-electron chi connectivity index (χ3n) is 2.98. The molecule has 0 atom stereocenters. The van der Waals surface area contributed by atoms with Crippen LogP contribution >= 0.6 is 15.9 Å². The molecule has 0 amide bonds. The Morgan fingerprint density at radius 2 is 2.20 bits per heavy atom. The van der Waals surface area contributed by atoms with Crippen molar-refractivity contribution >= 4 is 27.2 Å². The van der Waals surface area contributed by atoms with Crippen LogP contribution in [-0.2, 0) is 6.42 Å². The maximum atomic E-state index is 13.2. The first-order valence-electron chi connectivity index (χ1n) is 5.89. The van der Waals surface area contributed by atoms with E-state index in [-0.39, 0.29) is 18.0 Å². The van der Waals surface area contributed by atoms with Gasteiger partial charge in [-0.1, -0.05) is 15.9 Å². The van der Waals surface area contributed by atoms with Crippen LogP contribution in [0.3, 0.4) is 0 Å². The van der Waals surface area contributed by atoms with Crippen molar-refractivity contribution in [3.05, 3.63) is 64.4 Å². The lowest BCUT2D eigenvalue weighted by molar-refractivity contribution is 0.0994. The molecule has 20 heavy (non-hydrogen) atoms. The van der Waals surface area contributed by atoms with Crippen LogP contribution in [0.4, 0.5) is 4.39 Å². The Morgan fingerprint density at radius 3 is 3.05 bits per heavy atom. The van der Waals surface area contributed by atoms with Gasteiger partial charge in [0.25, 0.3) is 0 Å². The average Bonchev–Trinajstić information content (AvgIpc) is 2.87. The summed E-state index contributed by atoms with van der Waals surface area (Å²) in [4.78, 5) is 16.3. The van der Waals surface area contributed by atoms with Crippen molar-refractivity contribution in [3.63, 3.8) is 0 Å². The highest BCUT2D eigenvalue weighted by Gasteiger charge is 2.15. The van der Waals surface area contributed by atoms with Gasteiger partial charge < -0.3 is 0 Å². The molecule has 2 aromatic heterocycles. The third-order valence-corrected chi connectivity index (χ3v) is 3.76. The van der Waals surface area contributed by atoms with Crippen LogP contribution < -0.4 is 0 Å². The standard InChI is InChI=1S/C14H9BrFN3O/c15-12-2-1-10(16)5-9(12)6-14(20)11-7-18-19-4-3-17-8-13(11)19/h1-5,7-8H,6H2. The van der Waals surface area contributed by atoms with Gasteiger partial charge in [0.1, 0.15) is 5.82 Å². The number of halogens is 2. The van der Waals surface area contributed by atoms with Crippen molar-refractivity contribution in [2.45, 2.75) is 6.42 Å². The number of hydrogen-bond donors (Lipinski definition) is 0. The maximum Gasteiger partial charge on any atom is 0.171 e. The van der Waals surface area contributed by atoms with Gasteiger partial charge in [-0.25, -0.2) is 8.91 Å². The average molecular weight is 334 g/mol. The molecule has 0 radical (unpaired) electrons. The quantitative estimate of drug-likeness (QED) is 0.692. The molecular weight excluding hydrogens is 325 g/mol. The summed E-state index contributed by atoms with van der Waals surface area (Å²) in [7, 11) is 0. The van der Waals surface area contributed by atoms with E-state index in [0.717, 1.165) is 0 Å². The Bertz CT molecular complexity index is 800. The molecule has 0 aliphatic heterocycles. The molecule has 3 aromatic rings. The fourth-order valence-electron chi connectivity index (χ4n) is 2.00. The smallest absolute Gasteiger partial charge is 0.171 e. The van der Waals surface area contributed by atoms with Crippen molar-refractivity contribution < 1.29 is 9.18 Å². The zero-order chi connectivity index (χ0) is 14.1. The van der Waals surface area contributed by atoms with Crippen LogP contribution in [0.25, 0.3) is 5.52 Å². The lowest BCUT2D eigenvalue weighted by Crippen LogP contribution is -2.04. The number of carbonyl (C=O) groups is 1. The predicted octanol–water partition coefficient (Wildman–Crippen LogP) is 3.06. The van der Waals surface area contributed by atoms with Gasteiger partial charge >= 0.3 is 0 Å². The molecule has 4 nitrogen and oxygen atoms in total. The summed E-state index contributed by atoms with van der Waals surface area (Å²) in [5.74, 6) is -0.489. The highest BCUT2D eigenvalue weighted by atomic mass is 79.9. The number of hydrogen-bond acceptors (Lipinski definition) is 3. The predicted molar refractivity (Wildman–Crippen MR) is 75.1 cm³/mol. The Balaban J connectivity index is 1.95. The summed E-state index contributed by atoms with van der Waals surface area (Å²) in [5.41, 5.74) is 1.73. The zero-order valence-electron chi connectivity index (χ0n) is 10.3. The van der Waals surface area contributed by atoms with E-state index in [1.54, 1.807) is 29.2 Å². The summed E-state index contributed by atoms with van der Waals surface area (Å²) in [6.45, 7) is 0. The van der Waals surface area contributed by atoms with Crippen molar-refractivity contribution in [1.29, 1.82) is 0 Å². The summed E-state index contributed by atoms with van der Waals surface area (Å²) >= 11 is 3.32. The van der Waals surface area contributed by atoms with E-state index >= 15 is 0 Å². The topological polar surface area (TPSA) is 47.3 Å². The molecule has 100 valence electrons. The lowest BCUT2D eigenvalue weighted by atomic mass is 10.0. The van der Waals surface area contributed by atoms with Gasteiger partial charge in [0.2, 0.25) is 0 Å². The second kappa shape index (κ2) is 5.13. The maximum absolute atomic E-state index is 13.2. The molecule has 6 heteroatoms. The van der Waals surface area contributed by atoms with Crippen molar-refractivity contribution in [2.24, 2.45) is 0 Å². The Hall–Kier alpha value is -2.08. The van der Waals surface area contributed by atoms with Crippen LogP contribution in [0.1, 0.15) is 15.9 Å². The molecule has 0 N–H and O–H groups in total. The second-order valence-electron chi connectivity index (χ2n) is 4.30. The first kappa shape index (κ1) is 12.9. The third kappa shape index (κ3) is 2.34.